The smallest absolute Gasteiger partial charge is 0.211 e. The van der Waals surface area contributed by atoms with Crippen molar-refractivity contribution in [2.24, 2.45) is 34.0 Å². The minimum Gasteiger partial charge on any atom is -0.393 e. The van der Waals surface area contributed by atoms with Crippen molar-refractivity contribution < 1.29 is 34.7 Å². The number of carbonyl (C=O) groups is 1. The Morgan fingerprint density at radius 1 is 1.14 bits per heavy atom. The van der Waals surface area contributed by atoms with Crippen LogP contribution in [0.5, 0.6) is 0 Å². The van der Waals surface area contributed by atoms with Gasteiger partial charge in [-0.15, -0.1) is 0 Å². The number of hydrogen-bond acceptors (Lipinski definition) is 7. The molecule has 156 valence electrons. The van der Waals surface area contributed by atoms with Gasteiger partial charge in [0.25, 0.3) is 0 Å². The predicted molar refractivity (Wildman–Crippen MR) is 96.6 cm³/mol. The van der Waals surface area contributed by atoms with E-state index in [9.17, 15) is 25.2 Å². The van der Waals surface area contributed by atoms with Crippen LogP contribution >= 0.6 is 0 Å². The first-order valence-electron chi connectivity index (χ1n) is 10.2. The fourth-order valence-corrected chi connectivity index (χ4v) is 8.30. The Hall–Kier alpha value is -0.830. The molecule has 4 N–H and O–H groups in total. The highest BCUT2D eigenvalue weighted by atomic mass is 16.7. The fraction of sp³-hybridized carbons (Fsp3) is 0.857. The molecule has 4 aliphatic carbocycles. The molecule has 1 unspecified atom stereocenters. The highest BCUT2D eigenvalue weighted by Gasteiger charge is 2.89. The van der Waals surface area contributed by atoms with E-state index in [4.69, 9.17) is 9.47 Å². The molecular formula is C21H30O7. The van der Waals surface area contributed by atoms with Gasteiger partial charge in [0.2, 0.25) is 5.79 Å². The maximum atomic E-state index is 13.5. The zero-order chi connectivity index (χ0) is 20.4. The number of methoxy groups -OCH3 is 1. The van der Waals surface area contributed by atoms with E-state index in [2.05, 4.69) is 6.58 Å². The van der Waals surface area contributed by atoms with Gasteiger partial charge < -0.3 is 29.9 Å². The standard InChI is InChI=1S/C21H30O7/c1-9-10-8-11(22)12-19-7-5-6-18(2,3)13(19)16(25)21(26,28-17(19)27-4)20(12,14(9)23)15(10)24/h10-13,15-17,22,24-26H,1,5-8H2,2-4H3/t10-,11-,12-,13+,15+,16-,17?,19+,20-,21-/m0/s1. The Kier molecular flexibility index (Phi) is 3.59. The molecule has 7 heteroatoms. The van der Waals surface area contributed by atoms with Crippen LogP contribution < -0.4 is 0 Å². The second-order valence-electron chi connectivity index (χ2n) is 10.3. The molecule has 10 atom stereocenters. The third kappa shape index (κ3) is 1.62. The number of carbonyl (C=O) groups excluding carboxylic acids is 1. The van der Waals surface area contributed by atoms with Crippen molar-refractivity contribution in [3.8, 4) is 0 Å². The minimum atomic E-state index is -2.35. The molecule has 28 heavy (non-hydrogen) atoms. The number of Topliss-reactive ketones (excluding diaryl/α,β-unsaturated/α-hetero) is 1. The van der Waals surface area contributed by atoms with Crippen LogP contribution in [0.4, 0.5) is 0 Å². The first-order chi connectivity index (χ1) is 13.0. The Labute approximate surface area is 164 Å². The monoisotopic (exact) mass is 394 g/mol. The SMILES string of the molecule is C=C1C(=O)[C@]23[C@H](O)[C@H]1C[C@H](O)[C@H]2[C@]12CCCC(C)(C)[C@H]1[C@H](O)[C@]3(O)OC2OC. The van der Waals surface area contributed by atoms with E-state index in [0.29, 0.717) is 6.42 Å². The van der Waals surface area contributed by atoms with Crippen LogP contribution in [-0.4, -0.2) is 63.7 Å². The molecule has 0 aromatic carbocycles. The lowest BCUT2D eigenvalue weighted by Gasteiger charge is -2.75. The highest BCUT2D eigenvalue weighted by molar-refractivity contribution is 6.05. The van der Waals surface area contributed by atoms with Crippen LogP contribution in [0.15, 0.2) is 12.2 Å². The average molecular weight is 394 g/mol. The van der Waals surface area contributed by atoms with Gasteiger partial charge >= 0.3 is 0 Å². The Bertz CT molecular complexity index is 764. The summed E-state index contributed by atoms with van der Waals surface area (Å²) in [6.07, 6.45) is -2.05. The summed E-state index contributed by atoms with van der Waals surface area (Å²) in [5.41, 5.74) is -2.90. The van der Waals surface area contributed by atoms with Crippen LogP contribution in [0.25, 0.3) is 0 Å². The van der Waals surface area contributed by atoms with Crippen LogP contribution in [0.2, 0.25) is 0 Å². The molecule has 6 rings (SSSR count). The number of ketones is 1. The van der Waals surface area contributed by atoms with Crippen LogP contribution in [0, 0.1) is 34.0 Å². The third-order valence-electron chi connectivity index (χ3n) is 9.01. The van der Waals surface area contributed by atoms with E-state index in [1.807, 2.05) is 13.8 Å². The Morgan fingerprint density at radius 3 is 2.46 bits per heavy atom. The lowest BCUT2D eigenvalue weighted by molar-refractivity contribution is -0.506. The molecule has 0 aromatic heterocycles. The molecule has 6 aliphatic rings. The first-order valence-corrected chi connectivity index (χ1v) is 10.2. The van der Waals surface area contributed by atoms with Crippen molar-refractivity contribution in [1.29, 1.82) is 0 Å². The van der Waals surface area contributed by atoms with E-state index >= 15 is 0 Å². The predicted octanol–water partition coefficient (Wildman–Crippen LogP) is 0.348. The van der Waals surface area contributed by atoms with Crippen molar-refractivity contribution in [1.82, 2.24) is 0 Å². The molecular weight excluding hydrogens is 364 g/mol. The molecule has 0 amide bonds. The van der Waals surface area contributed by atoms with Crippen LogP contribution in [-0.2, 0) is 14.3 Å². The van der Waals surface area contributed by atoms with Gasteiger partial charge in [0.1, 0.15) is 11.5 Å². The number of rotatable bonds is 1. The van der Waals surface area contributed by atoms with Gasteiger partial charge in [-0.25, -0.2) is 0 Å². The molecule has 2 aliphatic heterocycles. The minimum absolute atomic E-state index is 0.197. The lowest BCUT2D eigenvalue weighted by atomic mass is 9.35. The maximum Gasteiger partial charge on any atom is 0.211 e. The summed E-state index contributed by atoms with van der Waals surface area (Å²) in [5, 5.41) is 45.8. The number of hydrogen-bond donors (Lipinski definition) is 4. The van der Waals surface area contributed by atoms with E-state index in [-0.39, 0.29) is 17.4 Å². The summed E-state index contributed by atoms with van der Waals surface area (Å²) in [7, 11) is 1.48. The Balaban J connectivity index is 1.85. The second-order valence-corrected chi connectivity index (χ2v) is 10.3. The molecule has 7 nitrogen and oxygen atoms in total. The number of ether oxygens (including phenoxy) is 2. The fourth-order valence-electron chi connectivity index (χ4n) is 8.30. The van der Waals surface area contributed by atoms with Crippen LogP contribution in [0.3, 0.4) is 0 Å². The number of fused-ring (bicyclic) bond motifs is 2. The van der Waals surface area contributed by atoms with Gasteiger partial charge in [-0.1, -0.05) is 26.8 Å². The normalized spacial score (nSPS) is 59.2. The molecule has 0 radical (unpaired) electrons. The highest BCUT2D eigenvalue weighted by Crippen LogP contribution is 2.77. The number of aliphatic hydroxyl groups is 4. The summed E-state index contributed by atoms with van der Waals surface area (Å²) in [6, 6.07) is 0. The van der Waals surface area contributed by atoms with E-state index in [1.54, 1.807) is 0 Å². The van der Waals surface area contributed by atoms with Crippen molar-refractivity contribution in [3.05, 3.63) is 12.2 Å². The van der Waals surface area contributed by atoms with Gasteiger partial charge in [-0.05, 0) is 30.3 Å². The maximum absolute atomic E-state index is 13.5. The average Bonchev–Trinajstić information content (AvgIpc) is 2.73. The molecule has 2 saturated heterocycles. The zero-order valence-electron chi connectivity index (χ0n) is 16.6. The molecule has 4 bridgehead atoms. The van der Waals surface area contributed by atoms with E-state index in [1.165, 1.54) is 7.11 Å². The van der Waals surface area contributed by atoms with Gasteiger partial charge in [-0.3, -0.25) is 4.79 Å². The number of aliphatic hydroxyl groups excluding tert-OH is 3. The van der Waals surface area contributed by atoms with Gasteiger partial charge in [0.05, 0.1) is 12.2 Å². The molecule has 4 saturated carbocycles. The lowest BCUT2D eigenvalue weighted by Crippen LogP contribution is -2.87. The summed E-state index contributed by atoms with van der Waals surface area (Å²) < 4.78 is 11.6. The largest absolute Gasteiger partial charge is 0.393 e. The zero-order valence-corrected chi connectivity index (χ0v) is 16.6. The van der Waals surface area contributed by atoms with Gasteiger partial charge in [-0.2, -0.15) is 0 Å². The van der Waals surface area contributed by atoms with E-state index < -0.39 is 64.8 Å². The molecule has 6 fully saturated rings. The van der Waals surface area contributed by atoms with Crippen molar-refractivity contribution in [3.63, 3.8) is 0 Å². The summed E-state index contributed by atoms with van der Waals surface area (Å²) in [4.78, 5) is 13.5. The Morgan fingerprint density at radius 2 is 1.82 bits per heavy atom. The summed E-state index contributed by atoms with van der Waals surface area (Å²) in [6.45, 7) is 7.93. The molecule has 0 aromatic rings. The van der Waals surface area contributed by atoms with Crippen molar-refractivity contribution in [2.75, 3.05) is 7.11 Å². The van der Waals surface area contributed by atoms with Gasteiger partial charge in [0.15, 0.2) is 12.1 Å². The third-order valence-corrected chi connectivity index (χ3v) is 9.01. The second kappa shape index (κ2) is 5.25. The molecule has 2 heterocycles. The van der Waals surface area contributed by atoms with Crippen molar-refractivity contribution in [2.45, 2.75) is 69.9 Å². The van der Waals surface area contributed by atoms with E-state index in [0.717, 1.165) is 12.8 Å². The summed E-state index contributed by atoms with van der Waals surface area (Å²) in [5.74, 6) is -4.73. The molecule has 2 spiro atoms. The van der Waals surface area contributed by atoms with Crippen LogP contribution in [0.1, 0.15) is 39.5 Å². The summed E-state index contributed by atoms with van der Waals surface area (Å²) >= 11 is 0. The first kappa shape index (κ1) is 19.2. The quantitative estimate of drug-likeness (QED) is 0.474. The van der Waals surface area contributed by atoms with Gasteiger partial charge in [0, 0.05) is 30.3 Å². The van der Waals surface area contributed by atoms with Crippen molar-refractivity contribution >= 4 is 5.78 Å². The topological polar surface area (TPSA) is 116 Å².